The van der Waals surface area contributed by atoms with Crippen LogP contribution in [0.25, 0.3) is 0 Å². The van der Waals surface area contributed by atoms with Crippen LogP contribution in [0, 0.1) is 0 Å². The molecule has 1 nitrogen and oxygen atoms in total. The van der Waals surface area contributed by atoms with Crippen molar-refractivity contribution in [2.75, 3.05) is 10.8 Å². The van der Waals surface area contributed by atoms with Gasteiger partial charge in [0.25, 0.3) is 0 Å². The van der Waals surface area contributed by atoms with Crippen LogP contribution in [0.5, 0.6) is 0 Å². The lowest BCUT2D eigenvalue weighted by molar-refractivity contribution is 1.17. The minimum absolute atomic E-state index is 0.786. The molecule has 0 saturated carbocycles. The Labute approximate surface area is 118 Å². The van der Waals surface area contributed by atoms with Gasteiger partial charge in [-0.1, -0.05) is 27.5 Å². The monoisotopic (exact) mass is 325 g/mol. The van der Waals surface area contributed by atoms with Crippen LogP contribution in [0.15, 0.2) is 51.8 Å². The molecule has 0 N–H and O–H groups in total. The Kier molecular flexibility index (Phi) is 3.07. The summed E-state index contributed by atoms with van der Waals surface area (Å²) in [5.74, 6) is 0.942. The predicted molar refractivity (Wildman–Crippen MR) is 78.5 cm³/mol. The van der Waals surface area contributed by atoms with Crippen LogP contribution < -0.4 is 4.90 Å². The molecule has 0 radical (unpaired) electrons. The summed E-state index contributed by atoms with van der Waals surface area (Å²) in [5.41, 5.74) is 2.39. The number of benzene rings is 2. The lowest BCUT2D eigenvalue weighted by Gasteiger charge is -2.18. The zero-order valence-corrected chi connectivity index (χ0v) is 12.0. The highest BCUT2D eigenvalue weighted by Crippen LogP contribution is 2.43. The van der Waals surface area contributed by atoms with E-state index < -0.39 is 0 Å². The maximum absolute atomic E-state index is 6.06. The van der Waals surface area contributed by atoms with Crippen molar-refractivity contribution in [1.82, 2.24) is 0 Å². The molecule has 1 aliphatic heterocycles. The molecule has 1 aliphatic rings. The van der Waals surface area contributed by atoms with Gasteiger partial charge >= 0.3 is 0 Å². The fourth-order valence-corrected chi connectivity index (χ4v) is 3.33. The van der Waals surface area contributed by atoms with Gasteiger partial charge in [-0.2, -0.15) is 0 Å². The molecule has 17 heavy (non-hydrogen) atoms. The summed E-state index contributed by atoms with van der Waals surface area (Å²) in [4.78, 5) is 3.57. The molecule has 4 heteroatoms. The van der Waals surface area contributed by atoms with Crippen molar-refractivity contribution in [3.05, 3.63) is 52.0 Å². The first-order valence-electron chi connectivity index (χ1n) is 5.19. The fourth-order valence-electron chi connectivity index (χ4n) is 1.86. The van der Waals surface area contributed by atoms with Gasteiger partial charge in [0.15, 0.2) is 0 Å². The van der Waals surface area contributed by atoms with E-state index in [2.05, 4.69) is 51.2 Å². The zero-order chi connectivity index (χ0) is 11.8. The van der Waals surface area contributed by atoms with Crippen molar-refractivity contribution in [2.24, 2.45) is 0 Å². The zero-order valence-electron chi connectivity index (χ0n) is 8.86. The van der Waals surface area contributed by atoms with E-state index in [0.717, 1.165) is 15.4 Å². The van der Waals surface area contributed by atoms with Crippen LogP contribution in [-0.4, -0.2) is 5.88 Å². The number of halogens is 2. The van der Waals surface area contributed by atoms with Crippen molar-refractivity contribution in [2.45, 2.75) is 4.90 Å². The summed E-state index contributed by atoms with van der Waals surface area (Å²) in [5, 5.41) is 0.786. The second-order valence-electron chi connectivity index (χ2n) is 3.79. The molecule has 0 aliphatic carbocycles. The highest BCUT2D eigenvalue weighted by Gasteiger charge is 2.21. The third-order valence-electron chi connectivity index (χ3n) is 2.70. The minimum Gasteiger partial charge on any atom is -0.330 e. The third-order valence-corrected chi connectivity index (χ3v) is 4.51. The molecule has 2 aromatic rings. The second-order valence-corrected chi connectivity index (χ2v) is 6.13. The second kappa shape index (κ2) is 4.56. The molecule has 0 saturated heterocycles. The normalized spacial score (nSPS) is 13.9. The Morgan fingerprint density at radius 3 is 2.65 bits per heavy atom. The summed E-state index contributed by atoms with van der Waals surface area (Å²) >= 11 is 11.3. The molecular weight excluding hydrogens is 318 g/mol. The lowest BCUT2D eigenvalue weighted by atomic mass is 10.2. The first kappa shape index (κ1) is 11.5. The Hall–Kier alpha value is -0.640. The molecule has 0 unspecified atom stereocenters. The molecule has 0 fully saturated rings. The van der Waals surface area contributed by atoms with Gasteiger partial charge in [0, 0.05) is 20.1 Å². The van der Waals surface area contributed by atoms with Gasteiger partial charge in [-0.3, -0.25) is 0 Å². The van der Waals surface area contributed by atoms with Crippen LogP contribution in [0.3, 0.4) is 0 Å². The largest absolute Gasteiger partial charge is 0.330 e. The molecule has 3 rings (SSSR count). The molecule has 2 aromatic carbocycles. The maximum Gasteiger partial charge on any atom is 0.0735 e. The smallest absolute Gasteiger partial charge is 0.0735 e. The number of hydrogen-bond acceptors (Lipinski definition) is 2. The number of fused-ring (bicyclic) bond motifs is 1. The standard InChI is InChI=1S/C13H9BrClNS/c14-9-1-4-11(5-2-9)16-8-17-13-6-3-10(15)7-12(13)16/h1-7H,8H2. The summed E-state index contributed by atoms with van der Waals surface area (Å²) in [6.45, 7) is 0. The van der Waals surface area contributed by atoms with E-state index in [1.165, 1.54) is 16.3 Å². The highest BCUT2D eigenvalue weighted by atomic mass is 79.9. The van der Waals surface area contributed by atoms with E-state index in [9.17, 15) is 0 Å². The van der Waals surface area contributed by atoms with Gasteiger partial charge in [-0.05, 0) is 42.5 Å². The van der Waals surface area contributed by atoms with Crippen molar-refractivity contribution >= 4 is 50.7 Å². The van der Waals surface area contributed by atoms with Gasteiger partial charge in [0.05, 0.1) is 11.6 Å². The van der Waals surface area contributed by atoms with E-state index in [0.29, 0.717) is 0 Å². The Morgan fingerprint density at radius 1 is 1.12 bits per heavy atom. The number of thioether (sulfide) groups is 1. The number of rotatable bonds is 1. The van der Waals surface area contributed by atoms with Gasteiger partial charge < -0.3 is 4.90 Å². The van der Waals surface area contributed by atoms with Gasteiger partial charge in [0.2, 0.25) is 0 Å². The molecule has 0 spiro atoms. The molecule has 1 heterocycles. The third kappa shape index (κ3) is 2.19. The Balaban J connectivity index is 2.03. The average molecular weight is 327 g/mol. The van der Waals surface area contributed by atoms with Crippen LogP contribution in [0.4, 0.5) is 11.4 Å². The van der Waals surface area contributed by atoms with Crippen molar-refractivity contribution < 1.29 is 0 Å². The fraction of sp³-hybridized carbons (Fsp3) is 0.0769. The van der Waals surface area contributed by atoms with Crippen LogP contribution >= 0.6 is 39.3 Å². The molecule has 0 bridgehead atoms. The number of nitrogens with zero attached hydrogens (tertiary/aromatic N) is 1. The van der Waals surface area contributed by atoms with Crippen molar-refractivity contribution in [3.63, 3.8) is 0 Å². The van der Waals surface area contributed by atoms with E-state index in [1.54, 1.807) is 0 Å². The molecular formula is C13H9BrClNS. The van der Waals surface area contributed by atoms with E-state index >= 15 is 0 Å². The maximum atomic E-state index is 6.06. The average Bonchev–Trinajstić information content (AvgIpc) is 2.73. The SMILES string of the molecule is Clc1ccc2c(c1)N(c1ccc(Br)cc1)CS2. The molecule has 86 valence electrons. The van der Waals surface area contributed by atoms with Crippen LogP contribution in [-0.2, 0) is 0 Å². The quantitative estimate of drug-likeness (QED) is 0.699. The van der Waals surface area contributed by atoms with E-state index in [1.807, 2.05) is 23.9 Å². The van der Waals surface area contributed by atoms with Crippen LogP contribution in [0.2, 0.25) is 5.02 Å². The summed E-state index contributed by atoms with van der Waals surface area (Å²) in [6.07, 6.45) is 0. The van der Waals surface area contributed by atoms with E-state index in [4.69, 9.17) is 11.6 Å². The van der Waals surface area contributed by atoms with Gasteiger partial charge in [-0.25, -0.2) is 0 Å². The van der Waals surface area contributed by atoms with Gasteiger partial charge in [0.1, 0.15) is 0 Å². The molecule has 0 atom stereocenters. The highest BCUT2D eigenvalue weighted by molar-refractivity contribution is 9.10. The minimum atomic E-state index is 0.786. The van der Waals surface area contributed by atoms with Crippen LogP contribution in [0.1, 0.15) is 0 Å². The van der Waals surface area contributed by atoms with E-state index in [-0.39, 0.29) is 0 Å². The van der Waals surface area contributed by atoms with Crippen molar-refractivity contribution in [3.8, 4) is 0 Å². The van der Waals surface area contributed by atoms with Gasteiger partial charge in [-0.15, -0.1) is 11.8 Å². The number of hydrogen-bond donors (Lipinski definition) is 0. The Bertz CT molecular complexity index is 556. The summed E-state index contributed by atoms with van der Waals surface area (Å²) in [7, 11) is 0. The number of anilines is 2. The summed E-state index contributed by atoms with van der Waals surface area (Å²) in [6, 6.07) is 14.4. The first-order valence-corrected chi connectivity index (χ1v) is 7.35. The predicted octanol–water partition coefficient (Wildman–Crippen LogP) is 5.30. The topological polar surface area (TPSA) is 3.24 Å². The lowest BCUT2D eigenvalue weighted by Crippen LogP contribution is -2.11. The first-order chi connectivity index (χ1) is 8.24. The van der Waals surface area contributed by atoms with Crippen molar-refractivity contribution in [1.29, 1.82) is 0 Å². The summed E-state index contributed by atoms with van der Waals surface area (Å²) < 4.78 is 1.10. The Morgan fingerprint density at radius 2 is 1.88 bits per heavy atom. The molecule has 0 amide bonds. The molecule has 0 aromatic heterocycles.